The van der Waals surface area contributed by atoms with Gasteiger partial charge in [0.1, 0.15) is 11.5 Å². The van der Waals surface area contributed by atoms with Gasteiger partial charge in [-0.05, 0) is 55.0 Å². The van der Waals surface area contributed by atoms with E-state index in [1.165, 1.54) is 6.08 Å². The van der Waals surface area contributed by atoms with E-state index in [2.05, 4.69) is 12.2 Å². The molecule has 2 rings (SSSR count). The molecule has 4 heteroatoms. The first-order valence-corrected chi connectivity index (χ1v) is 8.07. The fraction of sp³-hybridized carbons (Fsp3) is 0.250. The van der Waals surface area contributed by atoms with Crippen molar-refractivity contribution in [1.82, 2.24) is 0 Å². The number of carbonyl (C=O) groups excluding carboxylic acids is 1. The molecule has 0 aliphatic rings. The van der Waals surface area contributed by atoms with E-state index in [1.54, 1.807) is 25.4 Å². The second-order valence-corrected chi connectivity index (χ2v) is 5.30. The van der Waals surface area contributed by atoms with Gasteiger partial charge in [0.05, 0.1) is 13.7 Å². The van der Waals surface area contributed by atoms with Crippen molar-refractivity contribution >= 4 is 11.5 Å². The highest BCUT2D eigenvalue weighted by Gasteiger charge is 2.02. The predicted octanol–water partition coefficient (Wildman–Crippen LogP) is 4.68. The number of hydrogen-bond donors (Lipinski definition) is 1. The number of carbonyl (C=O) groups is 1. The summed E-state index contributed by atoms with van der Waals surface area (Å²) in [7, 11) is 1.63. The molecule has 0 saturated carbocycles. The van der Waals surface area contributed by atoms with E-state index >= 15 is 0 Å². The molecule has 126 valence electrons. The fourth-order valence-electron chi connectivity index (χ4n) is 2.05. The Morgan fingerprint density at radius 2 is 1.71 bits per heavy atom. The average Bonchev–Trinajstić information content (AvgIpc) is 2.63. The lowest BCUT2D eigenvalue weighted by Gasteiger charge is -2.05. The van der Waals surface area contributed by atoms with Gasteiger partial charge >= 0.3 is 0 Å². The minimum absolute atomic E-state index is 0.0591. The summed E-state index contributed by atoms with van der Waals surface area (Å²) in [4.78, 5) is 12.1. The van der Waals surface area contributed by atoms with Gasteiger partial charge in [-0.1, -0.05) is 13.3 Å². The maximum atomic E-state index is 12.1. The van der Waals surface area contributed by atoms with Crippen molar-refractivity contribution in [3.63, 3.8) is 0 Å². The number of benzene rings is 2. The number of ether oxygens (including phenoxy) is 2. The van der Waals surface area contributed by atoms with Crippen LogP contribution in [0.3, 0.4) is 0 Å². The summed E-state index contributed by atoms with van der Waals surface area (Å²) in [6.07, 6.45) is 5.27. The molecule has 0 amide bonds. The Morgan fingerprint density at radius 1 is 1.04 bits per heavy atom. The van der Waals surface area contributed by atoms with Crippen LogP contribution in [0, 0.1) is 0 Å². The largest absolute Gasteiger partial charge is 0.497 e. The Labute approximate surface area is 143 Å². The van der Waals surface area contributed by atoms with Crippen LogP contribution in [0.15, 0.2) is 60.8 Å². The zero-order valence-corrected chi connectivity index (χ0v) is 14.1. The van der Waals surface area contributed by atoms with Gasteiger partial charge in [-0.15, -0.1) is 0 Å². The van der Waals surface area contributed by atoms with E-state index in [1.807, 2.05) is 36.4 Å². The van der Waals surface area contributed by atoms with Crippen molar-refractivity contribution in [2.24, 2.45) is 0 Å². The van der Waals surface area contributed by atoms with Crippen LogP contribution in [0.5, 0.6) is 11.5 Å². The van der Waals surface area contributed by atoms with Crippen LogP contribution in [0.1, 0.15) is 30.1 Å². The maximum Gasteiger partial charge on any atom is 0.187 e. The lowest BCUT2D eigenvalue weighted by Crippen LogP contribution is -1.99. The monoisotopic (exact) mass is 325 g/mol. The molecular weight excluding hydrogens is 302 g/mol. The summed E-state index contributed by atoms with van der Waals surface area (Å²) in [6.45, 7) is 2.83. The SMILES string of the molecule is CCCCOc1ccc(C(=O)/C=C/Nc2ccc(OC)cc2)cc1. The van der Waals surface area contributed by atoms with Crippen LogP contribution in [-0.2, 0) is 0 Å². The summed E-state index contributed by atoms with van der Waals surface area (Å²) < 4.78 is 10.7. The smallest absolute Gasteiger partial charge is 0.187 e. The molecule has 2 aromatic rings. The molecule has 0 unspecified atom stereocenters. The molecule has 0 aliphatic carbocycles. The van der Waals surface area contributed by atoms with Crippen molar-refractivity contribution in [1.29, 1.82) is 0 Å². The van der Waals surface area contributed by atoms with Crippen molar-refractivity contribution in [3.05, 3.63) is 66.4 Å². The number of ketones is 1. The number of anilines is 1. The Hall–Kier alpha value is -2.75. The van der Waals surface area contributed by atoms with Gasteiger partial charge in [0.2, 0.25) is 0 Å². The second-order valence-electron chi connectivity index (χ2n) is 5.30. The van der Waals surface area contributed by atoms with E-state index in [9.17, 15) is 4.79 Å². The van der Waals surface area contributed by atoms with Crippen LogP contribution in [0.25, 0.3) is 0 Å². The first-order chi connectivity index (χ1) is 11.7. The Kier molecular flexibility index (Phi) is 6.90. The summed E-state index contributed by atoms with van der Waals surface area (Å²) in [5.74, 6) is 1.53. The first-order valence-electron chi connectivity index (χ1n) is 8.07. The number of nitrogens with one attached hydrogen (secondary N) is 1. The maximum absolute atomic E-state index is 12.1. The third-order valence-electron chi connectivity index (χ3n) is 3.48. The van der Waals surface area contributed by atoms with Gasteiger partial charge in [0.25, 0.3) is 0 Å². The molecule has 24 heavy (non-hydrogen) atoms. The Bertz CT molecular complexity index is 660. The highest BCUT2D eigenvalue weighted by atomic mass is 16.5. The van der Waals surface area contributed by atoms with Gasteiger partial charge in [-0.25, -0.2) is 0 Å². The van der Waals surface area contributed by atoms with E-state index in [-0.39, 0.29) is 5.78 Å². The van der Waals surface area contributed by atoms with E-state index in [0.717, 1.165) is 30.0 Å². The number of hydrogen-bond acceptors (Lipinski definition) is 4. The zero-order chi connectivity index (χ0) is 17.2. The van der Waals surface area contributed by atoms with Crippen LogP contribution in [0.4, 0.5) is 5.69 Å². The fourth-order valence-corrected chi connectivity index (χ4v) is 2.05. The van der Waals surface area contributed by atoms with Gasteiger partial charge in [-0.3, -0.25) is 4.79 Å². The van der Waals surface area contributed by atoms with Gasteiger partial charge in [0.15, 0.2) is 5.78 Å². The van der Waals surface area contributed by atoms with Gasteiger partial charge in [-0.2, -0.15) is 0 Å². The molecule has 0 bridgehead atoms. The number of unbranched alkanes of at least 4 members (excludes halogenated alkanes) is 1. The Balaban J connectivity index is 1.86. The molecule has 0 heterocycles. The van der Waals surface area contributed by atoms with E-state index in [0.29, 0.717) is 12.2 Å². The van der Waals surface area contributed by atoms with Crippen LogP contribution in [-0.4, -0.2) is 19.5 Å². The Morgan fingerprint density at radius 3 is 2.33 bits per heavy atom. The molecule has 4 nitrogen and oxygen atoms in total. The van der Waals surface area contributed by atoms with Crippen molar-refractivity contribution in [2.75, 3.05) is 19.0 Å². The summed E-state index contributed by atoms with van der Waals surface area (Å²) in [6, 6.07) is 14.7. The molecular formula is C20H23NO3. The standard InChI is InChI=1S/C20H23NO3/c1-3-4-15-24-19-9-5-16(6-10-19)20(22)13-14-21-17-7-11-18(23-2)12-8-17/h5-14,21H,3-4,15H2,1-2H3/b14-13+. The van der Waals surface area contributed by atoms with Gasteiger partial charge in [0, 0.05) is 23.5 Å². The molecule has 0 atom stereocenters. The van der Waals surface area contributed by atoms with Crippen molar-refractivity contribution in [3.8, 4) is 11.5 Å². The number of rotatable bonds is 9. The topological polar surface area (TPSA) is 47.6 Å². The summed E-state index contributed by atoms with van der Waals surface area (Å²) in [5.41, 5.74) is 1.52. The lowest BCUT2D eigenvalue weighted by atomic mass is 10.1. The van der Waals surface area contributed by atoms with Gasteiger partial charge < -0.3 is 14.8 Å². The summed E-state index contributed by atoms with van der Waals surface area (Å²) in [5, 5.41) is 3.06. The van der Waals surface area contributed by atoms with Crippen molar-refractivity contribution < 1.29 is 14.3 Å². The minimum Gasteiger partial charge on any atom is -0.497 e. The van der Waals surface area contributed by atoms with Crippen LogP contribution < -0.4 is 14.8 Å². The third-order valence-corrected chi connectivity index (χ3v) is 3.48. The minimum atomic E-state index is -0.0591. The lowest BCUT2D eigenvalue weighted by molar-refractivity contribution is 0.104. The van der Waals surface area contributed by atoms with Crippen molar-refractivity contribution in [2.45, 2.75) is 19.8 Å². The molecule has 0 fully saturated rings. The molecule has 1 N–H and O–H groups in total. The second kappa shape index (κ2) is 9.40. The highest BCUT2D eigenvalue weighted by Crippen LogP contribution is 2.16. The summed E-state index contributed by atoms with van der Waals surface area (Å²) >= 11 is 0. The molecule has 0 saturated heterocycles. The molecule has 2 aromatic carbocycles. The number of allylic oxidation sites excluding steroid dienone is 1. The van der Waals surface area contributed by atoms with E-state index < -0.39 is 0 Å². The predicted molar refractivity (Wildman–Crippen MR) is 96.9 cm³/mol. The first kappa shape index (κ1) is 17.6. The third kappa shape index (κ3) is 5.47. The molecule has 0 radical (unpaired) electrons. The molecule has 0 aromatic heterocycles. The zero-order valence-electron chi connectivity index (χ0n) is 14.1. The normalized spacial score (nSPS) is 10.6. The average molecular weight is 325 g/mol. The number of methoxy groups -OCH3 is 1. The molecule has 0 spiro atoms. The quantitative estimate of drug-likeness (QED) is 0.413. The van der Waals surface area contributed by atoms with Crippen LogP contribution >= 0.6 is 0 Å². The highest BCUT2D eigenvalue weighted by molar-refractivity contribution is 6.04. The molecule has 0 aliphatic heterocycles. The van der Waals surface area contributed by atoms with Crippen LogP contribution in [0.2, 0.25) is 0 Å². The van der Waals surface area contributed by atoms with E-state index in [4.69, 9.17) is 9.47 Å².